The van der Waals surface area contributed by atoms with Gasteiger partial charge in [0, 0.05) is 13.7 Å². The zero-order chi connectivity index (χ0) is 11.7. The van der Waals surface area contributed by atoms with E-state index in [4.69, 9.17) is 9.26 Å². The van der Waals surface area contributed by atoms with Crippen molar-refractivity contribution in [2.24, 2.45) is 0 Å². The van der Waals surface area contributed by atoms with Crippen LogP contribution in [0.25, 0.3) is 0 Å². The summed E-state index contributed by atoms with van der Waals surface area (Å²) >= 11 is 0. The van der Waals surface area contributed by atoms with E-state index in [0.29, 0.717) is 5.92 Å². The molecule has 1 aromatic heterocycles. The lowest BCUT2D eigenvalue weighted by molar-refractivity contribution is -0.0858. The van der Waals surface area contributed by atoms with E-state index >= 15 is 0 Å². The number of ether oxygens (including phenoxy) is 1. The second kappa shape index (κ2) is 4.38. The average Bonchev–Trinajstić information content (AvgIpc) is 2.80. The highest BCUT2D eigenvalue weighted by molar-refractivity contribution is 5.08. The van der Waals surface area contributed by atoms with Crippen molar-refractivity contribution in [3.8, 4) is 0 Å². The van der Waals surface area contributed by atoms with Crippen LogP contribution in [0.4, 0.5) is 0 Å². The smallest absolute Gasteiger partial charge is 0.231 e. The molecule has 1 aliphatic carbocycles. The number of hydrogen-bond donors (Lipinski definition) is 1. The highest BCUT2D eigenvalue weighted by Crippen LogP contribution is 2.43. The lowest BCUT2D eigenvalue weighted by Crippen LogP contribution is -2.37. The van der Waals surface area contributed by atoms with E-state index in [2.05, 4.69) is 15.5 Å². The Balaban J connectivity index is 1.77. The van der Waals surface area contributed by atoms with E-state index < -0.39 is 0 Å². The summed E-state index contributed by atoms with van der Waals surface area (Å²) in [5, 5.41) is 7.48. The van der Waals surface area contributed by atoms with Gasteiger partial charge in [-0.1, -0.05) is 5.16 Å². The fourth-order valence-corrected chi connectivity index (χ4v) is 2.67. The van der Waals surface area contributed by atoms with Gasteiger partial charge in [0.25, 0.3) is 0 Å². The number of hydrogen-bond acceptors (Lipinski definition) is 5. The molecule has 2 aliphatic rings. The number of methoxy groups -OCH3 is 1. The highest BCUT2D eigenvalue weighted by Gasteiger charge is 2.43. The summed E-state index contributed by atoms with van der Waals surface area (Å²) in [7, 11) is 1.73. The lowest BCUT2D eigenvalue weighted by Gasteiger charge is -2.37. The molecule has 0 bridgehead atoms. The number of nitrogens with zero attached hydrogens (tertiary/aromatic N) is 2. The molecular weight excluding hydrogens is 218 g/mol. The van der Waals surface area contributed by atoms with Gasteiger partial charge in [0.15, 0.2) is 0 Å². The van der Waals surface area contributed by atoms with Gasteiger partial charge >= 0.3 is 0 Å². The summed E-state index contributed by atoms with van der Waals surface area (Å²) in [6.07, 6.45) is 5.51. The van der Waals surface area contributed by atoms with Gasteiger partial charge in [-0.25, -0.2) is 0 Å². The van der Waals surface area contributed by atoms with Gasteiger partial charge in [-0.05, 0) is 38.6 Å². The van der Waals surface area contributed by atoms with Crippen molar-refractivity contribution in [2.75, 3.05) is 20.2 Å². The van der Waals surface area contributed by atoms with Gasteiger partial charge < -0.3 is 14.6 Å². The van der Waals surface area contributed by atoms with Crippen molar-refractivity contribution in [3.05, 3.63) is 11.7 Å². The molecule has 0 unspecified atom stereocenters. The molecule has 3 rings (SSSR count). The van der Waals surface area contributed by atoms with E-state index in [1.807, 2.05) is 0 Å². The van der Waals surface area contributed by atoms with Crippen molar-refractivity contribution in [2.45, 2.75) is 43.6 Å². The lowest BCUT2D eigenvalue weighted by atomic mass is 9.79. The van der Waals surface area contributed by atoms with Crippen LogP contribution < -0.4 is 5.32 Å². The summed E-state index contributed by atoms with van der Waals surface area (Å²) in [6.45, 7) is 2.04. The number of piperidine rings is 1. The summed E-state index contributed by atoms with van der Waals surface area (Å²) < 4.78 is 11.0. The van der Waals surface area contributed by atoms with Crippen LogP contribution in [0.15, 0.2) is 4.52 Å². The topological polar surface area (TPSA) is 60.2 Å². The predicted octanol–water partition coefficient (Wildman–Crippen LogP) is 1.56. The third kappa shape index (κ3) is 1.87. The van der Waals surface area contributed by atoms with Gasteiger partial charge in [-0.2, -0.15) is 4.98 Å². The molecule has 0 radical (unpaired) electrons. The quantitative estimate of drug-likeness (QED) is 0.864. The number of rotatable bonds is 3. The minimum Gasteiger partial charge on any atom is -0.370 e. The Labute approximate surface area is 101 Å². The molecule has 94 valence electrons. The molecule has 0 spiro atoms. The minimum atomic E-state index is -0.260. The SMILES string of the molecule is COC1(c2noc([C@H]3CCCNC3)n2)CCC1. The van der Waals surface area contributed by atoms with Crippen LogP contribution >= 0.6 is 0 Å². The van der Waals surface area contributed by atoms with Gasteiger partial charge in [0.2, 0.25) is 11.7 Å². The summed E-state index contributed by atoms with van der Waals surface area (Å²) in [6, 6.07) is 0. The van der Waals surface area contributed by atoms with Gasteiger partial charge in [-0.15, -0.1) is 0 Å². The molecule has 2 heterocycles. The third-order valence-electron chi connectivity index (χ3n) is 4.05. The monoisotopic (exact) mass is 237 g/mol. The van der Waals surface area contributed by atoms with Crippen molar-refractivity contribution in [3.63, 3.8) is 0 Å². The molecule has 1 atom stereocenters. The van der Waals surface area contributed by atoms with Crippen LogP contribution in [0.2, 0.25) is 0 Å². The summed E-state index contributed by atoms with van der Waals surface area (Å²) in [4.78, 5) is 4.56. The molecule has 1 N–H and O–H groups in total. The maximum atomic E-state index is 5.56. The van der Waals surface area contributed by atoms with Crippen molar-refractivity contribution in [1.29, 1.82) is 0 Å². The van der Waals surface area contributed by atoms with Crippen molar-refractivity contribution in [1.82, 2.24) is 15.5 Å². The Kier molecular flexibility index (Phi) is 2.88. The van der Waals surface area contributed by atoms with Crippen LogP contribution in [0.3, 0.4) is 0 Å². The zero-order valence-electron chi connectivity index (χ0n) is 10.2. The fraction of sp³-hybridized carbons (Fsp3) is 0.833. The van der Waals surface area contributed by atoms with Crippen LogP contribution in [0.5, 0.6) is 0 Å². The number of aromatic nitrogens is 2. The molecule has 17 heavy (non-hydrogen) atoms. The molecular formula is C12H19N3O2. The standard InChI is InChI=1S/C12H19N3O2/c1-16-12(5-3-6-12)11-14-10(17-15-11)9-4-2-7-13-8-9/h9,13H,2-8H2,1H3/t9-/m0/s1. The molecule has 5 nitrogen and oxygen atoms in total. The Morgan fingerprint density at radius 2 is 2.29 bits per heavy atom. The predicted molar refractivity (Wildman–Crippen MR) is 61.7 cm³/mol. The maximum absolute atomic E-state index is 5.56. The molecule has 2 fully saturated rings. The van der Waals surface area contributed by atoms with Crippen LogP contribution in [0, 0.1) is 0 Å². The van der Waals surface area contributed by atoms with E-state index in [0.717, 1.165) is 44.1 Å². The molecule has 0 amide bonds. The van der Waals surface area contributed by atoms with E-state index in [1.54, 1.807) is 7.11 Å². The molecule has 1 aliphatic heterocycles. The van der Waals surface area contributed by atoms with Crippen LogP contribution in [0.1, 0.15) is 49.7 Å². The van der Waals surface area contributed by atoms with E-state index in [9.17, 15) is 0 Å². The summed E-state index contributed by atoms with van der Waals surface area (Å²) in [5.41, 5.74) is -0.260. The first-order valence-electron chi connectivity index (χ1n) is 6.44. The number of nitrogens with one attached hydrogen (secondary N) is 1. The minimum absolute atomic E-state index is 0.260. The fourth-order valence-electron chi connectivity index (χ4n) is 2.67. The van der Waals surface area contributed by atoms with Gasteiger partial charge in [0.1, 0.15) is 5.60 Å². The second-order valence-electron chi connectivity index (χ2n) is 5.05. The van der Waals surface area contributed by atoms with E-state index in [-0.39, 0.29) is 5.60 Å². The highest BCUT2D eigenvalue weighted by atomic mass is 16.5. The van der Waals surface area contributed by atoms with Crippen LogP contribution in [-0.4, -0.2) is 30.3 Å². The van der Waals surface area contributed by atoms with Gasteiger partial charge in [0.05, 0.1) is 5.92 Å². The Bertz CT molecular complexity index is 375. The zero-order valence-corrected chi connectivity index (χ0v) is 10.2. The molecule has 0 aromatic carbocycles. The molecule has 5 heteroatoms. The molecule has 1 aromatic rings. The summed E-state index contributed by atoms with van der Waals surface area (Å²) in [5.74, 6) is 1.89. The van der Waals surface area contributed by atoms with Crippen LogP contribution in [-0.2, 0) is 10.3 Å². The Morgan fingerprint density at radius 1 is 1.41 bits per heavy atom. The maximum Gasteiger partial charge on any atom is 0.231 e. The largest absolute Gasteiger partial charge is 0.370 e. The van der Waals surface area contributed by atoms with Crippen molar-refractivity contribution >= 4 is 0 Å². The Morgan fingerprint density at radius 3 is 2.88 bits per heavy atom. The van der Waals surface area contributed by atoms with Crippen molar-refractivity contribution < 1.29 is 9.26 Å². The first-order valence-corrected chi connectivity index (χ1v) is 6.44. The van der Waals surface area contributed by atoms with E-state index in [1.165, 1.54) is 12.8 Å². The Hall–Kier alpha value is -0.940. The second-order valence-corrected chi connectivity index (χ2v) is 5.05. The molecule has 1 saturated carbocycles. The normalized spacial score (nSPS) is 27.7. The first-order chi connectivity index (χ1) is 8.34. The van der Waals surface area contributed by atoms with Gasteiger partial charge in [-0.3, -0.25) is 0 Å². The first kappa shape index (κ1) is 11.2. The third-order valence-corrected chi connectivity index (χ3v) is 4.05. The average molecular weight is 237 g/mol. The molecule has 1 saturated heterocycles.